The molecule has 1 radical (unpaired) electrons. The second kappa shape index (κ2) is 10.8. The Balaban J connectivity index is 0.00000336. The fraction of sp³-hybridized carbons (Fsp3) is 0.235. The summed E-state index contributed by atoms with van der Waals surface area (Å²) in [5.74, 6) is 1.52. The Kier molecular flexibility index (Phi) is 7.88. The molecule has 38 heavy (non-hydrogen) atoms. The van der Waals surface area contributed by atoms with Crippen LogP contribution in [0.3, 0.4) is 0 Å². The summed E-state index contributed by atoms with van der Waals surface area (Å²) in [6.45, 7) is 15.2. The van der Waals surface area contributed by atoms with E-state index in [1.54, 1.807) is 0 Å². The average Bonchev–Trinajstić information content (AvgIpc) is 3.28. The van der Waals surface area contributed by atoms with Crippen molar-refractivity contribution in [1.82, 2.24) is 14.8 Å². The standard InChI is InChI=1S/C34H34N3.Ir/c1-22-17-23(2)21-28(20-22)32-35-33(37(36-32)31-25(4)18-24(3)19-26(31)5)27-13-15-30(16-14-27)34(6,7)29-11-9-8-10-12-29;/h8-13,15-21H,1-7H3;/q-1;. The van der Waals surface area contributed by atoms with E-state index in [9.17, 15) is 0 Å². The van der Waals surface area contributed by atoms with Crippen LogP contribution in [0.15, 0.2) is 78.9 Å². The van der Waals surface area contributed by atoms with E-state index in [2.05, 4.69) is 133 Å². The summed E-state index contributed by atoms with van der Waals surface area (Å²) in [6, 6.07) is 31.5. The number of aryl methyl sites for hydroxylation is 5. The monoisotopic (exact) mass is 677 g/mol. The summed E-state index contributed by atoms with van der Waals surface area (Å²) in [5, 5.41) is 5.06. The normalized spacial score (nSPS) is 11.3. The summed E-state index contributed by atoms with van der Waals surface area (Å²) in [6.07, 6.45) is 0. The first-order valence-corrected chi connectivity index (χ1v) is 12.9. The van der Waals surface area contributed by atoms with Crippen LogP contribution in [0.2, 0.25) is 0 Å². The van der Waals surface area contributed by atoms with Gasteiger partial charge in [-0.3, -0.25) is 9.67 Å². The smallest absolute Gasteiger partial charge is 0.171 e. The van der Waals surface area contributed by atoms with Crippen molar-refractivity contribution in [3.05, 3.63) is 124 Å². The van der Waals surface area contributed by atoms with Crippen LogP contribution in [0.1, 0.15) is 52.8 Å². The van der Waals surface area contributed by atoms with Crippen molar-refractivity contribution >= 4 is 0 Å². The molecule has 4 aromatic carbocycles. The molecule has 4 heteroatoms. The van der Waals surface area contributed by atoms with Gasteiger partial charge in [0.25, 0.3) is 0 Å². The molecule has 195 valence electrons. The molecule has 0 fully saturated rings. The fourth-order valence-corrected chi connectivity index (χ4v) is 5.35. The molecule has 0 saturated heterocycles. The van der Waals surface area contributed by atoms with E-state index in [1.807, 2.05) is 4.68 Å². The summed E-state index contributed by atoms with van der Waals surface area (Å²) < 4.78 is 2.00. The summed E-state index contributed by atoms with van der Waals surface area (Å²) in [4.78, 5) is 5.08. The van der Waals surface area contributed by atoms with E-state index in [-0.39, 0.29) is 25.5 Å². The van der Waals surface area contributed by atoms with Gasteiger partial charge in [-0.1, -0.05) is 79.1 Å². The van der Waals surface area contributed by atoms with Crippen LogP contribution >= 0.6 is 0 Å². The predicted molar refractivity (Wildman–Crippen MR) is 153 cm³/mol. The topological polar surface area (TPSA) is 30.7 Å². The van der Waals surface area contributed by atoms with E-state index in [4.69, 9.17) is 10.1 Å². The average molecular weight is 677 g/mol. The number of aromatic nitrogens is 3. The molecular weight excluding hydrogens is 643 g/mol. The Morgan fingerprint density at radius 2 is 1.32 bits per heavy atom. The van der Waals surface area contributed by atoms with Gasteiger partial charge in [-0.15, -0.1) is 35.4 Å². The first-order valence-electron chi connectivity index (χ1n) is 12.9. The molecule has 0 amide bonds. The molecule has 5 rings (SSSR count). The molecule has 0 aliphatic carbocycles. The van der Waals surface area contributed by atoms with Gasteiger partial charge in [0.2, 0.25) is 0 Å². The number of hydrogen-bond acceptors (Lipinski definition) is 2. The summed E-state index contributed by atoms with van der Waals surface area (Å²) in [5.41, 5.74) is 11.4. The van der Waals surface area contributed by atoms with Gasteiger partial charge in [0.1, 0.15) is 0 Å². The minimum absolute atomic E-state index is 0. The first-order chi connectivity index (χ1) is 17.6. The molecule has 3 nitrogen and oxygen atoms in total. The van der Waals surface area contributed by atoms with Crippen molar-refractivity contribution in [3.8, 4) is 28.5 Å². The molecule has 0 spiro atoms. The van der Waals surface area contributed by atoms with Crippen molar-refractivity contribution in [3.63, 3.8) is 0 Å². The summed E-state index contributed by atoms with van der Waals surface area (Å²) >= 11 is 0. The van der Waals surface area contributed by atoms with Crippen molar-refractivity contribution in [1.29, 1.82) is 0 Å². The van der Waals surface area contributed by atoms with Crippen LogP contribution in [0.4, 0.5) is 0 Å². The molecule has 1 aromatic heterocycles. The van der Waals surface area contributed by atoms with Gasteiger partial charge in [-0.05, 0) is 68.9 Å². The third-order valence-electron chi connectivity index (χ3n) is 7.21. The molecule has 0 aliphatic heterocycles. The van der Waals surface area contributed by atoms with E-state index >= 15 is 0 Å². The Hall–Kier alpha value is -3.33. The molecule has 0 unspecified atom stereocenters. The molecule has 0 aliphatic rings. The van der Waals surface area contributed by atoms with Crippen molar-refractivity contribution in [2.45, 2.75) is 53.9 Å². The number of benzene rings is 4. The van der Waals surface area contributed by atoms with E-state index in [0.717, 1.165) is 28.5 Å². The zero-order valence-electron chi connectivity index (χ0n) is 23.2. The van der Waals surface area contributed by atoms with Crippen LogP contribution < -0.4 is 0 Å². The van der Waals surface area contributed by atoms with Gasteiger partial charge in [-0.25, -0.2) is 0 Å². The maximum atomic E-state index is 5.08. The van der Waals surface area contributed by atoms with E-state index < -0.39 is 0 Å². The van der Waals surface area contributed by atoms with Gasteiger partial charge < -0.3 is 0 Å². The van der Waals surface area contributed by atoms with Crippen LogP contribution in [-0.2, 0) is 25.5 Å². The molecule has 1 heterocycles. The molecule has 0 N–H and O–H groups in total. The number of hydrogen-bond donors (Lipinski definition) is 0. The third kappa shape index (κ3) is 5.29. The zero-order valence-corrected chi connectivity index (χ0v) is 25.6. The second-order valence-electron chi connectivity index (χ2n) is 10.8. The van der Waals surface area contributed by atoms with Crippen molar-refractivity contribution in [2.24, 2.45) is 0 Å². The number of nitrogens with zero attached hydrogens (tertiary/aromatic N) is 3. The largest absolute Gasteiger partial charge is 0.257 e. The second-order valence-corrected chi connectivity index (χ2v) is 10.8. The SMILES string of the molecule is Cc1cc(C)cc(-c2nc(-c3[c-]cc(C(C)(C)c4ccccc4)cc3)n(-c3c(C)cc(C)cc3C)n2)c1.[Ir]. The molecule has 0 bridgehead atoms. The molecular formula is C34H34IrN3-. The molecule has 0 saturated carbocycles. The third-order valence-corrected chi connectivity index (χ3v) is 7.21. The first kappa shape index (κ1) is 27.7. The number of rotatable bonds is 5. The van der Waals surface area contributed by atoms with Crippen LogP contribution in [0, 0.1) is 40.7 Å². The minimum Gasteiger partial charge on any atom is -0.257 e. The van der Waals surface area contributed by atoms with Crippen LogP contribution in [0.25, 0.3) is 28.5 Å². The fourth-order valence-electron chi connectivity index (χ4n) is 5.35. The van der Waals surface area contributed by atoms with Gasteiger partial charge in [0, 0.05) is 25.7 Å². The quantitative estimate of drug-likeness (QED) is 0.176. The minimum atomic E-state index is -0.127. The van der Waals surface area contributed by atoms with Gasteiger partial charge in [0.05, 0.1) is 11.5 Å². The molecule has 5 aromatic rings. The van der Waals surface area contributed by atoms with Gasteiger partial charge in [0.15, 0.2) is 5.82 Å². The van der Waals surface area contributed by atoms with Gasteiger partial charge >= 0.3 is 0 Å². The zero-order chi connectivity index (χ0) is 26.3. The van der Waals surface area contributed by atoms with Crippen LogP contribution in [-0.4, -0.2) is 14.8 Å². The maximum Gasteiger partial charge on any atom is 0.171 e. The summed E-state index contributed by atoms with van der Waals surface area (Å²) in [7, 11) is 0. The van der Waals surface area contributed by atoms with E-state index in [0.29, 0.717) is 0 Å². The Morgan fingerprint density at radius 1 is 0.711 bits per heavy atom. The van der Waals surface area contributed by atoms with Crippen LogP contribution in [0.5, 0.6) is 0 Å². The predicted octanol–water partition coefficient (Wildman–Crippen LogP) is 8.27. The Labute approximate surface area is 240 Å². The van der Waals surface area contributed by atoms with Crippen molar-refractivity contribution < 1.29 is 20.1 Å². The van der Waals surface area contributed by atoms with Crippen molar-refractivity contribution in [2.75, 3.05) is 0 Å². The van der Waals surface area contributed by atoms with E-state index in [1.165, 1.54) is 38.9 Å². The van der Waals surface area contributed by atoms with Gasteiger partial charge in [-0.2, -0.15) is 5.10 Å². The Morgan fingerprint density at radius 3 is 1.89 bits per heavy atom. The Bertz CT molecular complexity index is 1540. The maximum absolute atomic E-state index is 5.08. The molecule has 0 atom stereocenters.